The summed E-state index contributed by atoms with van der Waals surface area (Å²) in [6, 6.07) is 7.99. The van der Waals surface area contributed by atoms with Gasteiger partial charge in [0.15, 0.2) is 0 Å². The highest BCUT2D eigenvalue weighted by atomic mass is 15.1. The van der Waals surface area contributed by atoms with E-state index in [2.05, 4.69) is 29.1 Å². The first-order valence-electron chi connectivity index (χ1n) is 5.21. The van der Waals surface area contributed by atoms with Crippen molar-refractivity contribution in [3.05, 3.63) is 30.5 Å². The lowest BCUT2D eigenvalue weighted by Crippen LogP contribution is -2.10. The number of anilines is 1. The van der Waals surface area contributed by atoms with E-state index in [4.69, 9.17) is 0 Å². The summed E-state index contributed by atoms with van der Waals surface area (Å²) in [5.74, 6) is 1.31. The monoisotopic (exact) mass is 201 g/mol. The van der Waals surface area contributed by atoms with Crippen molar-refractivity contribution in [1.29, 1.82) is 0 Å². The summed E-state index contributed by atoms with van der Waals surface area (Å²) in [5, 5.41) is 4.29. The van der Waals surface area contributed by atoms with Gasteiger partial charge >= 0.3 is 0 Å². The number of rotatable bonds is 3. The predicted molar refractivity (Wildman–Crippen MR) is 62.9 cm³/mol. The Bertz CT molecular complexity index is 451. The number of para-hydroxylation sites is 1. The minimum absolute atomic E-state index is 0.597. The average Bonchev–Trinajstić information content (AvgIpc) is 2.26. The SMILES string of the molecule is CC(C)CNc1ncc2ccccc2n1. The zero-order valence-electron chi connectivity index (χ0n) is 9.07. The molecule has 0 atom stereocenters. The lowest BCUT2D eigenvalue weighted by atomic mass is 10.2. The fraction of sp³-hybridized carbons (Fsp3) is 0.333. The Morgan fingerprint density at radius 1 is 1.27 bits per heavy atom. The smallest absolute Gasteiger partial charge is 0.223 e. The van der Waals surface area contributed by atoms with Gasteiger partial charge < -0.3 is 5.32 Å². The van der Waals surface area contributed by atoms with Gasteiger partial charge in [0, 0.05) is 18.1 Å². The molecule has 1 N–H and O–H groups in total. The number of hydrogen-bond acceptors (Lipinski definition) is 3. The largest absolute Gasteiger partial charge is 0.354 e. The third-order valence-electron chi connectivity index (χ3n) is 2.16. The maximum absolute atomic E-state index is 4.42. The molecule has 78 valence electrons. The Morgan fingerprint density at radius 2 is 2.07 bits per heavy atom. The standard InChI is InChI=1S/C12H15N3/c1-9(2)7-13-12-14-8-10-5-3-4-6-11(10)15-12/h3-6,8-9H,7H2,1-2H3,(H,13,14,15). The number of benzene rings is 1. The second kappa shape index (κ2) is 4.26. The number of aromatic nitrogens is 2. The van der Waals surface area contributed by atoms with Crippen LogP contribution in [0.2, 0.25) is 0 Å². The van der Waals surface area contributed by atoms with Crippen LogP contribution < -0.4 is 5.32 Å². The van der Waals surface area contributed by atoms with E-state index < -0.39 is 0 Å². The first-order valence-corrected chi connectivity index (χ1v) is 5.21. The molecule has 0 aliphatic carbocycles. The van der Waals surface area contributed by atoms with Crippen LogP contribution in [0, 0.1) is 5.92 Å². The molecule has 0 amide bonds. The summed E-state index contributed by atoms with van der Waals surface area (Å²) in [5.41, 5.74) is 0.985. The van der Waals surface area contributed by atoms with E-state index >= 15 is 0 Å². The molecule has 0 spiro atoms. The minimum atomic E-state index is 0.597. The average molecular weight is 201 g/mol. The first-order chi connectivity index (χ1) is 7.25. The van der Waals surface area contributed by atoms with Crippen LogP contribution in [0.1, 0.15) is 13.8 Å². The minimum Gasteiger partial charge on any atom is -0.354 e. The van der Waals surface area contributed by atoms with E-state index in [0.717, 1.165) is 17.4 Å². The fourth-order valence-corrected chi connectivity index (χ4v) is 1.35. The van der Waals surface area contributed by atoms with Crippen molar-refractivity contribution < 1.29 is 0 Å². The van der Waals surface area contributed by atoms with Crippen LogP contribution in [0.15, 0.2) is 30.5 Å². The van der Waals surface area contributed by atoms with Crippen molar-refractivity contribution in [3.63, 3.8) is 0 Å². The molecule has 0 unspecified atom stereocenters. The normalized spacial score (nSPS) is 10.9. The summed E-state index contributed by atoms with van der Waals surface area (Å²) in [6.45, 7) is 5.22. The number of fused-ring (bicyclic) bond motifs is 1. The topological polar surface area (TPSA) is 37.8 Å². The second-order valence-electron chi connectivity index (χ2n) is 4.03. The van der Waals surface area contributed by atoms with Gasteiger partial charge in [-0.05, 0) is 12.0 Å². The van der Waals surface area contributed by atoms with E-state index in [0.29, 0.717) is 11.9 Å². The first kappa shape index (κ1) is 9.90. The van der Waals surface area contributed by atoms with E-state index in [9.17, 15) is 0 Å². The van der Waals surface area contributed by atoms with E-state index in [1.807, 2.05) is 30.5 Å². The number of nitrogens with one attached hydrogen (secondary N) is 1. The van der Waals surface area contributed by atoms with Gasteiger partial charge in [-0.2, -0.15) is 0 Å². The molecule has 0 aliphatic rings. The van der Waals surface area contributed by atoms with Crippen molar-refractivity contribution in [2.45, 2.75) is 13.8 Å². The maximum Gasteiger partial charge on any atom is 0.223 e. The van der Waals surface area contributed by atoms with E-state index in [1.54, 1.807) is 0 Å². The van der Waals surface area contributed by atoms with Gasteiger partial charge in [-0.15, -0.1) is 0 Å². The molecule has 0 saturated heterocycles. The van der Waals surface area contributed by atoms with Crippen LogP contribution in [-0.4, -0.2) is 16.5 Å². The molecule has 3 heteroatoms. The van der Waals surface area contributed by atoms with Crippen LogP contribution in [0.5, 0.6) is 0 Å². The van der Waals surface area contributed by atoms with Gasteiger partial charge in [-0.1, -0.05) is 32.0 Å². The number of nitrogens with zero attached hydrogens (tertiary/aromatic N) is 2. The highest BCUT2D eigenvalue weighted by molar-refractivity contribution is 5.78. The third-order valence-corrected chi connectivity index (χ3v) is 2.16. The summed E-state index contributed by atoms with van der Waals surface area (Å²) < 4.78 is 0. The molecule has 0 radical (unpaired) electrons. The van der Waals surface area contributed by atoms with Gasteiger partial charge in [-0.3, -0.25) is 0 Å². The molecule has 3 nitrogen and oxygen atoms in total. The fourth-order valence-electron chi connectivity index (χ4n) is 1.35. The second-order valence-corrected chi connectivity index (χ2v) is 4.03. The Kier molecular flexibility index (Phi) is 2.81. The Labute approximate surface area is 89.6 Å². The lowest BCUT2D eigenvalue weighted by Gasteiger charge is -2.07. The third kappa shape index (κ3) is 2.43. The van der Waals surface area contributed by atoms with Crippen LogP contribution in [0.4, 0.5) is 5.95 Å². The lowest BCUT2D eigenvalue weighted by molar-refractivity contribution is 0.685. The Balaban J connectivity index is 2.23. The van der Waals surface area contributed by atoms with Crippen molar-refractivity contribution >= 4 is 16.9 Å². The Hall–Kier alpha value is -1.64. The van der Waals surface area contributed by atoms with Gasteiger partial charge in [0.2, 0.25) is 5.95 Å². The molecule has 0 fully saturated rings. The van der Waals surface area contributed by atoms with E-state index in [-0.39, 0.29) is 0 Å². The van der Waals surface area contributed by atoms with Crippen molar-refractivity contribution in [2.24, 2.45) is 5.92 Å². The molecule has 0 aliphatic heterocycles. The molecular formula is C12H15N3. The highest BCUT2D eigenvalue weighted by Gasteiger charge is 1.99. The van der Waals surface area contributed by atoms with Crippen molar-refractivity contribution in [3.8, 4) is 0 Å². The number of hydrogen-bond donors (Lipinski definition) is 1. The Morgan fingerprint density at radius 3 is 2.87 bits per heavy atom. The van der Waals surface area contributed by atoms with Crippen LogP contribution in [-0.2, 0) is 0 Å². The van der Waals surface area contributed by atoms with Crippen LogP contribution in [0.3, 0.4) is 0 Å². The summed E-state index contributed by atoms with van der Waals surface area (Å²) in [4.78, 5) is 8.68. The van der Waals surface area contributed by atoms with Gasteiger partial charge in [0.25, 0.3) is 0 Å². The van der Waals surface area contributed by atoms with Crippen LogP contribution in [0.25, 0.3) is 10.9 Å². The maximum atomic E-state index is 4.42. The molecule has 1 aromatic carbocycles. The van der Waals surface area contributed by atoms with E-state index in [1.165, 1.54) is 0 Å². The molecule has 15 heavy (non-hydrogen) atoms. The van der Waals surface area contributed by atoms with Crippen molar-refractivity contribution in [2.75, 3.05) is 11.9 Å². The van der Waals surface area contributed by atoms with Gasteiger partial charge in [-0.25, -0.2) is 9.97 Å². The molecule has 2 rings (SSSR count). The highest BCUT2D eigenvalue weighted by Crippen LogP contribution is 2.11. The summed E-state index contributed by atoms with van der Waals surface area (Å²) >= 11 is 0. The summed E-state index contributed by atoms with van der Waals surface area (Å²) in [7, 11) is 0. The van der Waals surface area contributed by atoms with Gasteiger partial charge in [0.05, 0.1) is 5.52 Å². The molecule has 2 aromatic rings. The molecule has 1 aromatic heterocycles. The quantitative estimate of drug-likeness (QED) is 0.829. The zero-order valence-corrected chi connectivity index (χ0v) is 9.07. The molecular weight excluding hydrogens is 186 g/mol. The molecule has 0 saturated carbocycles. The zero-order chi connectivity index (χ0) is 10.7. The van der Waals surface area contributed by atoms with Gasteiger partial charge in [0.1, 0.15) is 0 Å². The van der Waals surface area contributed by atoms with Crippen molar-refractivity contribution in [1.82, 2.24) is 9.97 Å². The predicted octanol–water partition coefficient (Wildman–Crippen LogP) is 2.70. The molecule has 0 bridgehead atoms. The molecule has 1 heterocycles. The van der Waals surface area contributed by atoms with Crippen LogP contribution >= 0.6 is 0 Å². The summed E-state index contributed by atoms with van der Waals surface area (Å²) in [6.07, 6.45) is 1.85.